The van der Waals surface area contributed by atoms with Gasteiger partial charge < -0.3 is 20.4 Å². The third-order valence-corrected chi connectivity index (χ3v) is 5.63. The van der Waals surface area contributed by atoms with Crippen LogP contribution in [0.15, 0.2) is 42.5 Å². The number of nitrogens with one attached hydrogen (secondary N) is 1. The van der Waals surface area contributed by atoms with Gasteiger partial charge >= 0.3 is 11.9 Å². The van der Waals surface area contributed by atoms with Crippen molar-refractivity contribution in [3.05, 3.63) is 59.2 Å². The fourth-order valence-corrected chi connectivity index (χ4v) is 3.81. The van der Waals surface area contributed by atoms with Gasteiger partial charge in [0.25, 0.3) is 0 Å². The molecule has 2 unspecified atom stereocenters. The zero-order valence-corrected chi connectivity index (χ0v) is 16.6. The van der Waals surface area contributed by atoms with E-state index < -0.39 is 18.0 Å². The zero-order chi connectivity index (χ0) is 20.6. The van der Waals surface area contributed by atoms with E-state index in [9.17, 15) is 19.8 Å². The van der Waals surface area contributed by atoms with E-state index in [0.29, 0.717) is 5.56 Å². The average molecular weight is 382 g/mol. The summed E-state index contributed by atoms with van der Waals surface area (Å²) in [5.41, 5.74) is 3.98. The van der Waals surface area contributed by atoms with Crippen molar-refractivity contribution < 1.29 is 19.8 Å². The van der Waals surface area contributed by atoms with Crippen LogP contribution in [0.3, 0.4) is 0 Å². The number of nitrogens with zero attached hydrogens (tertiary/aromatic N) is 1. The monoisotopic (exact) mass is 382 g/mol. The highest BCUT2D eigenvalue weighted by Gasteiger charge is 2.36. The van der Waals surface area contributed by atoms with Crippen LogP contribution < -0.4 is 10.2 Å². The van der Waals surface area contributed by atoms with Crippen molar-refractivity contribution in [1.82, 2.24) is 0 Å². The summed E-state index contributed by atoms with van der Waals surface area (Å²) in [5, 5.41) is 22.1. The highest BCUT2D eigenvalue weighted by Crippen LogP contribution is 2.45. The number of benzene rings is 2. The van der Waals surface area contributed by atoms with Crippen molar-refractivity contribution in [1.29, 1.82) is 0 Å². The van der Waals surface area contributed by atoms with Crippen LogP contribution in [0.4, 0.5) is 11.4 Å². The molecule has 1 aliphatic heterocycles. The molecule has 3 rings (SSSR count). The van der Waals surface area contributed by atoms with Crippen LogP contribution in [0.5, 0.6) is 0 Å². The highest BCUT2D eigenvalue weighted by molar-refractivity contribution is 5.88. The lowest BCUT2D eigenvalue weighted by Gasteiger charge is -2.41. The number of anilines is 2. The summed E-state index contributed by atoms with van der Waals surface area (Å²) < 4.78 is 0. The van der Waals surface area contributed by atoms with Crippen LogP contribution in [0.2, 0.25) is 0 Å². The Hall–Kier alpha value is -3.02. The predicted molar refractivity (Wildman–Crippen MR) is 109 cm³/mol. The van der Waals surface area contributed by atoms with Crippen LogP contribution in [-0.2, 0) is 11.2 Å². The van der Waals surface area contributed by atoms with Gasteiger partial charge in [0.15, 0.2) is 0 Å². The number of hydrogen-bond donors (Lipinski definition) is 3. The lowest BCUT2D eigenvalue weighted by atomic mass is 9.72. The van der Waals surface area contributed by atoms with Gasteiger partial charge in [-0.05, 0) is 60.2 Å². The quantitative estimate of drug-likeness (QED) is 0.723. The van der Waals surface area contributed by atoms with Gasteiger partial charge in [-0.1, -0.05) is 26.0 Å². The summed E-state index contributed by atoms with van der Waals surface area (Å²) >= 11 is 0. The molecule has 0 fully saturated rings. The summed E-state index contributed by atoms with van der Waals surface area (Å²) in [6.45, 7) is 5.96. The summed E-state index contributed by atoms with van der Waals surface area (Å²) in [5.74, 6) is -1.79. The Bertz CT molecular complexity index is 923. The Kier molecular flexibility index (Phi) is 5.06. The first-order chi connectivity index (χ1) is 13.1. The average Bonchev–Trinajstić information content (AvgIpc) is 2.65. The van der Waals surface area contributed by atoms with E-state index in [2.05, 4.69) is 19.2 Å². The van der Waals surface area contributed by atoms with Crippen LogP contribution in [-0.4, -0.2) is 35.2 Å². The summed E-state index contributed by atoms with van der Waals surface area (Å²) in [4.78, 5) is 24.3. The molecule has 0 saturated carbocycles. The van der Waals surface area contributed by atoms with Gasteiger partial charge in [0.05, 0.1) is 11.6 Å². The van der Waals surface area contributed by atoms with E-state index in [1.807, 2.05) is 30.3 Å². The number of aromatic carboxylic acids is 1. The van der Waals surface area contributed by atoms with Gasteiger partial charge in [-0.15, -0.1) is 0 Å². The molecule has 0 amide bonds. The molecule has 0 saturated heterocycles. The molecule has 148 valence electrons. The zero-order valence-electron chi connectivity index (χ0n) is 16.6. The molecule has 0 aromatic heterocycles. The van der Waals surface area contributed by atoms with E-state index in [1.54, 1.807) is 31.0 Å². The van der Waals surface area contributed by atoms with Crippen molar-refractivity contribution in [3.8, 4) is 0 Å². The minimum absolute atomic E-state index is 0.0177. The Morgan fingerprint density at radius 3 is 2.54 bits per heavy atom. The minimum atomic E-state index is -0.925. The molecule has 28 heavy (non-hydrogen) atoms. The number of hydrogen-bond acceptors (Lipinski definition) is 4. The number of carboxylic acids is 2. The lowest BCUT2D eigenvalue weighted by molar-refractivity contribution is -0.138. The van der Waals surface area contributed by atoms with Crippen molar-refractivity contribution >= 4 is 23.3 Å². The smallest absolute Gasteiger partial charge is 0.335 e. The molecule has 2 atom stereocenters. The third-order valence-electron chi connectivity index (χ3n) is 5.63. The number of carboxylic acid groups (broad SMARTS) is 2. The van der Waals surface area contributed by atoms with Crippen LogP contribution in [0.25, 0.3) is 0 Å². The third kappa shape index (κ3) is 3.67. The van der Waals surface area contributed by atoms with Crippen LogP contribution in [0, 0.1) is 5.41 Å². The maximum atomic E-state index is 11.3. The SMILES string of the molecule is CC(C(=O)O)N(C)c1cccc(C2Nc3ccc(C(=O)O)cc3CC2(C)C)c1. The molecule has 3 N–H and O–H groups in total. The second-order valence-corrected chi connectivity index (χ2v) is 8.14. The maximum absolute atomic E-state index is 11.3. The molecule has 0 radical (unpaired) electrons. The maximum Gasteiger partial charge on any atom is 0.335 e. The van der Waals surface area contributed by atoms with E-state index in [4.69, 9.17) is 0 Å². The van der Waals surface area contributed by atoms with Crippen molar-refractivity contribution in [3.63, 3.8) is 0 Å². The first-order valence-electron chi connectivity index (χ1n) is 9.28. The Morgan fingerprint density at radius 2 is 1.89 bits per heavy atom. The number of aliphatic carboxylic acids is 1. The van der Waals surface area contributed by atoms with Gasteiger partial charge in [0.1, 0.15) is 6.04 Å². The van der Waals surface area contributed by atoms with E-state index >= 15 is 0 Å². The van der Waals surface area contributed by atoms with Crippen molar-refractivity contribution in [2.45, 2.75) is 39.3 Å². The standard InChI is InChI=1S/C22H26N2O4/c1-13(20(25)26)24(4)17-7-5-6-14(11-17)19-22(2,3)12-16-10-15(21(27)28)8-9-18(16)23-19/h5-11,13,19,23H,12H2,1-4H3,(H,25,26)(H,27,28). The van der Waals surface area contributed by atoms with Gasteiger partial charge in [-0.2, -0.15) is 0 Å². The molecular formula is C22H26N2O4. The fraction of sp³-hybridized carbons (Fsp3) is 0.364. The van der Waals surface area contributed by atoms with Crippen molar-refractivity contribution in [2.75, 3.05) is 17.3 Å². The first kappa shape index (κ1) is 19.7. The van der Waals surface area contributed by atoms with Gasteiger partial charge in [-0.3, -0.25) is 0 Å². The summed E-state index contributed by atoms with van der Waals surface area (Å²) in [7, 11) is 1.78. The largest absolute Gasteiger partial charge is 0.480 e. The van der Waals surface area contributed by atoms with E-state index in [-0.39, 0.29) is 11.5 Å². The van der Waals surface area contributed by atoms with Crippen molar-refractivity contribution in [2.24, 2.45) is 5.41 Å². The normalized spacial score (nSPS) is 18.5. The summed E-state index contributed by atoms with van der Waals surface area (Å²) in [6.07, 6.45) is 0.743. The molecule has 0 aliphatic carbocycles. The topological polar surface area (TPSA) is 89.9 Å². The summed E-state index contributed by atoms with van der Waals surface area (Å²) in [6, 6.07) is 12.5. The fourth-order valence-electron chi connectivity index (χ4n) is 3.81. The number of fused-ring (bicyclic) bond motifs is 1. The molecule has 0 spiro atoms. The molecular weight excluding hydrogens is 356 g/mol. The Labute approximate surface area is 164 Å². The van der Waals surface area contributed by atoms with Gasteiger partial charge in [0, 0.05) is 18.4 Å². The van der Waals surface area contributed by atoms with Gasteiger partial charge in [0.2, 0.25) is 0 Å². The predicted octanol–water partition coefficient (Wildman–Crippen LogP) is 4.03. The molecule has 6 nitrogen and oxygen atoms in total. The minimum Gasteiger partial charge on any atom is -0.480 e. The molecule has 2 aromatic rings. The highest BCUT2D eigenvalue weighted by atomic mass is 16.4. The van der Waals surface area contributed by atoms with Crippen LogP contribution >= 0.6 is 0 Å². The second kappa shape index (κ2) is 7.19. The Balaban J connectivity index is 1.94. The van der Waals surface area contributed by atoms with Gasteiger partial charge in [-0.25, -0.2) is 9.59 Å². The van der Waals surface area contributed by atoms with E-state index in [0.717, 1.165) is 28.9 Å². The molecule has 0 bridgehead atoms. The van der Waals surface area contributed by atoms with E-state index in [1.165, 1.54) is 0 Å². The Morgan fingerprint density at radius 1 is 1.18 bits per heavy atom. The molecule has 6 heteroatoms. The molecule has 1 aliphatic rings. The molecule has 1 heterocycles. The molecule has 2 aromatic carbocycles. The second-order valence-electron chi connectivity index (χ2n) is 8.14. The lowest BCUT2D eigenvalue weighted by Crippen LogP contribution is -2.37. The first-order valence-corrected chi connectivity index (χ1v) is 9.28. The number of rotatable bonds is 5. The number of likely N-dealkylation sites (N-methyl/N-ethyl adjacent to an activating group) is 1. The number of carbonyl (C=O) groups is 2. The van der Waals surface area contributed by atoms with Crippen LogP contribution in [0.1, 0.15) is 48.3 Å².